The lowest BCUT2D eigenvalue weighted by atomic mass is 9.93. The second-order valence-corrected chi connectivity index (χ2v) is 6.39. The number of amides is 3. The van der Waals surface area contributed by atoms with Gasteiger partial charge >= 0.3 is 6.03 Å². The number of urea groups is 1. The number of carbonyl (C=O) groups is 2. The van der Waals surface area contributed by atoms with Crippen molar-refractivity contribution >= 4 is 17.6 Å². The normalized spacial score (nSPS) is 20.1. The van der Waals surface area contributed by atoms with Gasteiger partial charge in [0.15, 0.2) is 0 Å². The summed E-state index contributed by atoms with van der Waals surface area (Å²) in [5.41, 5.74) is 8.06. The van der Waals surface area contributed by atoms with E-state index < -0.39 is 0 Å². The van der Waals surface area contributed by atoms with E-state index >= 15 is 0 Å². The molecule has 6 heteroatoms. The molecule has 130 valence electrons. The quantitative estimate of drug-likeness (QED) is 0.902. The molecule has 25 heavy (non-hydrogen) atoms. The highest BCUT2D eigenvalue weighted by molar-refractivity contribution is 5.95. The van der Waals surface area contributed by atoms with Crippen molar-refractivity contribution in [2.75, 3.05) is 11.9 Å². The van der Waals surface area contributed by atoms with Crippen LogP contribution in [0.5, 0.6) is 0 Å². The predicted molar refractivity (Wildman–Crippen MR) is 96.8 cm³/mol. The van der Waals surface area contributed by atoms with Gasteiger partial charge < -0.3 is 16.0 Å². The Hall–Kier alpha value is -2.89. The maximum absolute atomic E-state index is 12.8. The first-order chi connectivity index (χ1) is 12.1. The minimum Gasteiger partial charge on any atom is -0.369 e. The third kappa shape index (κ3) is 3.79. The SMILES string of the molecule is C[C@@H]1CC[C@@H](C(N)=O)CN1C(=O)Nc1ccccc1-c1ccncc1. The number of piperidine rings is 1. The van der Waals surface area contributed by atoms with E-state index in [1.807, 2.05) is 43.3 Å². The lowest BCUT2D eigenvalue weighted by Gasteiger charge is -2.36. The zero-order valence-electron chi connectivity index (χ0n) is 14.2. The van der Waals surface area contributed by atoms with Crippen LogP contribution in [-0.2, 0) is 4.79 Å². The van der Waals surface area contributed by atoms with Gasteiger partial charge in [0.2, 0.25) is 5.91 Å². The van der Waals surface area contributed by atoms with Crippen LogP contribution >= 0.6 is 0 Å². The Labute approximate surface area is 147 Å². The van der Waals surface area contributed by atoms with Gasteiger partial charge in [-0.3, -0.25) is 9.78 Å². The molecule has 1 aliphatic rings. The molecule has 0 unspecified atom stereocenters. The van der Waals surface area contributed by atoms with Crippen molar-refractivity contribution in [1.29, 1.82) is 0 Å². The fourth-order valence-corrected chi connectivity index (χ4v) is 3.18. The van der Waals surface area contributed by atoms with Crippen LogP contribution in [0.1, 0.15) is 19.8 Å². The molecule has 0 spiro atoms. The number of benzene rings is 1. The van der Waals surface area contributed by atoms with Crippen LogP contribution in [0.3, 0.4) is 0 Å². The molecular weight excluding hydrogens is 316 g/mol. The summed E-state index contributed by atoms with van der Waals surface area (Å²) < 4.78 is 0. The highest BCUT2D eigenvalue weighted by atomic mass is 16.2. The van der Waals surface area contributed by atoms with Gasteiger partial charge in [-0.15, -0.1) is 0 Å². The summed E-state index contributed by atoms with van der Waals surface area (Å²) in [4.78, 5) is 30.0. The number of hydrogen-bond donors (Lipinski definition) is 2. The largest absolute Gasteiger partial charge is 0.369 e. The smallest absolute Gasteiger partial charge is 0.322 e. The van der Waals surface area contributed by atoms with Crippen LogP contribution in [0.25, 0.3) is 11.1 Å². The number of likely N-dealkylation sites (tertiary alicyclic amines) is 1. The van der Waals surface area contributed by atoms with E-state index in [0.717, 1.165) is 29.7 Å². The summed E-state index contributed by atoms with van der Waals surface area (Å²) >= 11 is 0. The number of carbonyl (C=O) groups excluding carboxylic acids is 2. The minimum atomic E-state index is -0.345. The van der Waals surface area contributed by atoms with Crippen LogP contribution in [0, 0.1) is 5.92 Å². The lowest BCUT2D eigenvalue weighted by molar-refractivity contribution is -0.123. The zero-order chi connectivity index (χ0) is 17.8. The summed E-state index contributed by atoms with van der Waals surface area (Å²) in [6.07, 6.45) is 4.94. The van der Waals surface area contributed by atoms with Gasteiger partial charge in [-0.25, -0.2) is 4.79 Å². The van der Waals surface area contributed by atoms with Crippen LogP contribution in [0.2, 0.25) is 0 Å². The Morgan fingerprint density at radius 2 is 1.88 bits per heavy atom. The third-order valence-electron chi connectivity index (χ3n) is 4.71. The molecule has 1 fully saturated rings. The van der Waals surface area contributed by atoms with Crippen molar-refractivity contribution in [1.82, 2.24) is 9.88 Å². The molecule has 1 aliphatic heterocycles. The molecular formula is C19H22N4O2. The average molecular weight is 338 g/mol. The summed E-state index contributed by atoms with van der Waals surface area (Å²) in [6.45, 7) is 2.35. The second-order valence-electron chi connectivity index (χ2n) is 6.39. The van der Waals surface area contributed by atoms with Crippen molar-refractivity contribution in [3.05, 3.63) is 48.8 Å². The summed E-state index contributed by atoms with van der Waals surface area (Å²) in [5, 5.41) is 2.98. The van der Waals surface area contributed by atoms with Crippen LogP contribution in [-0.4, -0.2) is 34.4 Å². The number of nitrogens with two attached hydrogens (primary N) is 1. The van der Waals surface area contributed by atoms with Crippen molar-refractivity contribution in [2.45, 2.75) is 25.8 Å². The number of para-hydroxylation sites is 1. The average Bonchev–Trinajstić information content (AvgIpc) is 2.63. The number of hydrogen-bond acceptors (Lipinski definition) is 3. The lowest BCUT2D eigenvalue weighted by Crippen LogP contribution is -2.50. The van der Waals surface area contributed by atoms with Gasteiger partial charge in [0.1, 0.15) is 0 Å². The minimum absolute atomic E-state index is 0.0729. The third-order valence-corrected chi connectivity index (χ3v) is 4.71. The molecule has 3 rings (SSSR count). The second kappa shape index (κ2) is 7.34. The molecule has 3 amide bonds. The van der Waals surface area contributed by atoms with E-state index in [0.29, 0.717) is 6.54 Å². The van der Waals surface area contributed by atoms with Crippen LogP contribution in [0.4, 0.5) is 10.5 Å². The Morgan fingerprint density at radius 1 is 1.16 bits per heavy atom. The molecule has 2 atom stereocenters. The molecule has 2 heterocycles. The molecule has 0 radical (unpaired) electrons. The maximum Gasteiger partial charge on any atom is 0.322 e. The van der Waals surface area contributed by atoms with Crippen LogP contribution < -0.4 is 11.1 Å². The number of nitrogens with one attached hydrogen (secondary N) is 1. The standard InChI is InChI=1S/C19H22N4O2/c1-13-6-7-15(18(20)24)12-23(13)19(25)22-17-5-3-2-4-16(17)14-8-10-21-11-9-14/h2-5,8-11,13,15H,6-7,12H2,1H3,(H2,20,24)(H,22,25)/t13-,15-/m1/s1. The highest BCUT2D eigenvalue weighted by Gasteiger charge is 2.31. The fourth-order valence-electron chi connectivity index (χ4n) is 3.18. The van der Waals surface area contributed by atoms with Crippen molar-refractivity contribution in [3.63, 3.8) is 0 Å². The molecule has 1 aromatic carbocycles. The van der Waals surface area contributed by atoms with E-state index in [2.05, 4.69) is 10.3 Å². The highest BCUT2D eigenvalue weighted by Crippen LogP contribution is 2.28. The molecule has 1 aromatic heterocycles. The Kier molecular flexibility index (Phi) is 4.97. The first-order valence-corrected chi connectivity index (χ1v) is 8.42. The molecule has 0 saturated carbocycles. The molecule has 1 saturated heterocycles. The monoisotopic (exact) mass is 338 g/mol. The topological polar surface area (TPSA) is 88.3 Å². The Bertz CT molecular complexity index is 763. The Balaban J connectivity index is 1.80. The number of nitrogens with zero attached hydrogens (tertiary/aromatic N) is 2. The Morgan fingerprint density at radius 3 is 2.60 bits per heavy atom. The zero-order valence-corrected chi connectivity index (χ0v) is 14.2. The molecule has 6 nitrogen and oxygen atoms in total. The number of pyridine rings is 1. The van der Waals surface area contributed by atoms with Gasteiger partial charge in [0.05, 0.1) is 11.6 Å². The van der Waals surface area contributed by atoms with E-state index in [1.165, 1.54) is 0 Å². The van der Waals surface area contributed by atoms with Gasteiger partial charge in [-0.05, 0) is 43.5 Å². The van der Waals surface area contributed by atoms with E-state index in [4.69, 9.17) is 5.73 Å². The van der Waals surface area contributed by atoms with Gasteiger partial charge in [-0.2, -0.15) is 0 Å². The number of rotatable bonds is 3. The van der Waals surface area contributed by atoms with Crippen molar-refractivity contribution in [3.8, 4) is 11.1 Å². The number of primary amides is 1. The number of anilines is 1. The fraction of sp³-hybridized carbons (Fsp3) is 0.316. The van der Waals surface area contributed by atoms with Crippen LogP contribution in [0.15, 0.2) is 48.8 Å². The summed E-state index contributed by atoms with van der Waals surface area (Å²) in [7, 11) is 0. The number of aromatic nitrogens is 1. The van der Waals surface area contributed by atoms with E-state index in [-0.39, 0.29) is 23.9 Å². The predicted octanol–water partition coefficient (Wildman–Crippen LogP) is 2.87. The van der Waals surface area contributed by atoms with Crippen molar-refractivity contribution < 1.29 is 9.59 Å². The molecule has 0 aliphatic carbocycles. The van der Waals surface area contributed by atoms with Gasteiger partial charge in [-0.1, -0.05) is 18.2 Å². The van der Waals surface area contributed by atoms with E-state index in [1.54, 1.807) is 17.3 Å². The van der Waals surface area contributed by atoms with Gasteiger partial charge in [0.25, 0.3) is 0 Å². The first-order valence-electron chi connectivity index (χ1n) is 8.42. The van der Waals surface area contributed by atoms with E-state index in [9.17, 15) is 9.59 Å². The molecule has 0 bridgehead atoms. The van der Waals surface area contributed by atoms with Crippen molar-refractivity contribution in [2.24, 2.45) is 11.7 Å². The first kappa shape index (κ1) is 17.0. The summed E-state index contributed by atoms with van der Waals surface area (Å²) in [6, 6.07) is 11.3. The van der Waals surface area contributed by atoms with Gasteiger partial charge in [0, 0.05) is 30.5 Å². The molecule has 2 aromatic rings. The molecule has 3 N–H and O–H groups in total. The maximum atomic E-state index is 12.8. The summed E-state index contributed by atoms with van der Waals surface area (Å²) in [5.74, 6) is -0.626.